The maximum Gasteiger partial charge on any atom is 0.251 e. The van der Waals surface area contributed by atoms with Gasteiger partial charge in [0.05, 0.1) is 12.6 Å². The smallest absolute Gasteiger partial charge is 0.251 e. The van der Waals surface area contributed by atoms with Crippen molar-refractivity contribution in [3.63, 3.8) is 0 Å². The summed E-state index contributed by atoms with van der Waals surface area (Å²) in [7, 11) is 1.99. The maximum absolute atomic E-state index is 12.6. The van der Waals surface area contributed by atoms with Crippen LogP contribution in [0.2, 0.25) is 0 Å². The van der Waals surface area contributed by atoms with Gasteiger partial charge < -0.3 is 14.6 Å². The third kappa shape index (κ3) is 2.44. The van der Waals surface area contributed by atoms with Crippen LogP contribution in [0.15, 0.2) is 48.8 Å². The number of benzene rings is 1. The Labute approximate surface area is 133 Å². The zero-order chi connectivity index (χ0) is 15.8. The van der Waals surface area contributed by atoms with Gasteiger partial charge in [0.25, 0.3) is 5.91 Å². The highest BCUT2D eigenvalue weighted by molar-refractivity contribution is 5.98. The summed E-state index contributed by atoms with van der Waals surface area (Å²) >= 11 is 0. The van der Waals surface area contributed by atoms with Crippen LogP contribution in [0.3, 0.4) is 0 Å². The van der Waals surface area contributed by atoms with Gasteiger partial charge in [-0.15, -0.1) is 0 Å². The van der Waals surface area contributed by atoms with Gasteiger partial charge in [-0.25, -0.2) is 0 Å². The molecule has 0 radical (unpaired) electrons. The van der Waals surface area contributed by atoms with E-state index in [-0.39, 0.29) is 11.9 Å². The van der Waals surface area contributed by atoms with Crippen LogP contribution in [0, 0.1) is 0 Å². The Balaban J connectivity index is 1.60. The van der Waals surface area contributed by atoms with Crippen LogP contribution in [0.4, 0.5) is 0 Å². The number of aryl methyl sites for hydroxylation is 1. The molecule has 4 rings (SSSR count). The second-order valence-electron chi connectivity index (χ2n) is 5.75. The number of carbonyl (C=O) groups excluding carboxylic acids is 1. The average molecular weight is 307 g/mol. The van der Waals surface area contributed by atoms with E-state index in [2.05, 4.69) is 10.3 Å². The lowest BCUT2D eigenvalue weighted by atomic mass is 10.1. The third-order valence-electron chi connectivity index (χ3n) is 4.25. The Morgan fingerprint density at radius 2 is 2.26 bits per heavy atom. The fourth-order valence-corrected chi connectivity index (χ4v) is 3.01. The quantitative estimate of drug-likeness (QED) is 0.792. The van der Waals surface area contributed by atoms with Crippen molar-refractivity contribution in [3.05, 3.63) is 60.0 Å². The van der Waals surface area contributed by atoms with Crippen LogP contribution in [-0.2, 0) is 7.05 Å². The molecular weight excluding hydrogens is 290 g/mol. The summed E-state index contributed by atoms with van der Waals surface area (Å²) in [5, 5.41) is 4.14. The lowest BCUT2D eigenvalue weighted by Gasteiger charge is -2.25. The maximum atomic E-state index is 12.6. The molecule has 0 saturated heterocycles. The molecular formula is C18H17N3O2. The minimum Gasteiger partial charge on any atom is -0.491 e. The molecule has 5 nitrogen and oxygen atoms in total. The van der Waals surface area contributed by atoms with Gasteiger partial charge in [-0.3, -0.25) is 9.78 Å². The first-order valence-corrected chi connectivity index (χ1v) is 7.66. The van der Waals surface area contributed by atoms with Gasteiger partial charge in [0.15, 0.2) is 0 Å². The van der Waals surface area contributed by atoms with Gasteiger partial charge in [0, 0.05) is 42.3 Å². The molecule has 2 aromatic heterocycles. The number of hydrogen-bond donors (Lipinski definition) is 1. The molecule has 116 valence electrons. The minimum atomic E-state index is -0.112. The first-order chi connectivity index (χ1) is 11.2. The normalized spacial score (nSPS) is 16.7. The topological polar surface area (TPSA) is 56.2 Å². The van der Waals surface area contributed by atoms with Crippen LogP contribution in [0.5, 0.6) is 5.75 Å². The molecule has 3 heterocycles. The number of pyridine rings is 1. The van der Waals surface area contributed by atoms with Crippen LogP contribution in [0.25, 0.3) is 10.9 Å². The molecule has 1 aliphatic rings. The molecule has 0 fully saturated rings. The SMILES string of the molecule is Cn1ccc2cc(C(=O)NC3CCOc4cccnc43)ccc21. The summed E-state index contributed by atoms with van der Waals surface area (Å²) in [5.41, 5.74) is 2.57. The summed E-state index contributed by atoms with van der Waals surface area (Å²) in [4.78, 5) is 16.9. The molecule has 1 N–H and O–H groups in total. The van der Waals surface area contributed by atoms with Gasteiger partial charge >= 0.3 is 0 Å². The molecule has 0 bridgehead atoms. The van der Waals surface area contributed by atoms with Crippen LogP contribution >= 0.6 is 0 Å². The summed E-state index contributed by atoms with van der Waals surface area (Å²) < 4.78 is 7.62. The van der Waals surface area contributed by atoms with E-state index in [9.17, 15) is 4.79 Å². The van der Waals surface area contributed by atoms with Crippen LogP contribution in [0.1, 0.15) is 28.5 Å². The van der Waals surface area contributed by atoms with Crippen molar-refractivity contribution in [1.29, 1.82) is 0 Å². The molecule has 5 heteroatoms. The van der Waals surface area contributed by atoms with Gasteiger partial charge in [-0.05, 0) is 36.4 Å². The van der Waals surface area contributed by atoms with Gasteiger partial charge in [0.1, 0.15) is 11.4 Å². The van der Waals surface area contributed by atoms with Crippen molar-refractivity contribution in [2.45, 2.75) is 12.5 Å². The Hall–Kier alpha value is -2.82. The zero-order valence-electron chi connectivity index (χ0n) is 12.8. The highest BCUT2D eigenvalue weighted by Crippen LogP contribution is 2.29. The Bertz CT molecular complexity index is 885. The number of amides is 1. The van der Waals surface area contributed by atoms with Gasteiger partial charge in [-0.1, -0.05) is 0 Å². The molecule has 1 unspecified atom stereocenters. The van der Waals surface area contributed by atoms with E-state index in [1.165, 1.54) is 0 Å². The number of aromatic nitrogens is 2. The van der Waals surface area contributed by atoms with Crippen molar-refractivity contribution < 1.29 is 9.53 Å². The summed E-state index contributed by atoms with van der Waals surface area (Å²) in [5.74, 6) is 0.668. The highest BCUT2D eigenvalue weighted by atomic mass is 16.5. The van der Waals surface area contributed by atoms with E-state index in [1.807, 2.05) is 54.2 Å². The van der Waals surface area contributed by atoms with E-state index in [1.54, 1.807) is 6.20 Å². The molecule has 0 spiro atoms. The molecule has 1 aliphatic heterocycles. The number of rotatable bonds is 2. The summed E-state index contributed by atoms with van der Waals surface area (Å²) in [6.07, 6.45) is 4.44. The summed E-state index contributed by atoms with van der Waals surface area (Å²) in [6, 6.07) is 11.4. The van der Waals surface area contributed by atoms with Crippen molar-refractivity contribution >= 4 is 16.8 Å². The predicted molar refractivity (Wildman–Crippen MR) is 87.5 cm³/mol. The standard InChI is InChI=1S/C18H17N3O2/c1-21-9-6-12-11-13(4-5-15(12)21)18(22)20-14-7-10-23-16-3-2-8-19-17(14)16/h2-6,8-9,11,14H,7,10H2,1H3,(H,20,22). The number of nitrogens with one attached hydrogen (secondary N) is 1. The minimum absolute atomic E-state index is 0.0840. The monoisotopic (exact) mass is 307 g/mol. The molecule has 23 heavy (non-hydrogen) atoms. The van der Waals surface area contributed by atoms with E-state index >= 15 is 0 Å². The van der Waals surface area contributed by atoms with Gasteiger partial charge in [0.2, 0.25) is 0 Å². The molecule has 1 aromatic carbocycles. The van der Waals surface area contributed by atoms with Crippen molar-refractivity contribution in [1.82, 2.24) is 14.9 Å². The van der Waals surface area contributed by atoms with Crippen molar-refractivity contribution in [2.75, 3.05) is 6.61 Å². The first kappa shape index (κ1) is 13.8. The molecule has 3 aromatic rings. The Morgan fingerprint density at radius 1 is 1.35 bits per heavy atom. The Kier molecular flexibility index (Phi) is 3.26. The highest BCUT2D eigenvalue weighted by Gasteiger charge is 2.24. The lowest BCUT2D eigenvalue weighted by molar-refractivity contribution is 0.0923. The second kappa shape index (κ2) is 5.43. The number of hydrogen-bond acceptors (Lipinski definition) is 3. The molecule has 1 amide bonds. The van der Waals surface area contributed by atoms with Crippen LogP contribution in [-0.4, -0.2) is 22.1 Å². The largest absolute Gasteiger partial charge is 0.491 e. The van der Waals surface area contributed by atoms with E-state index < -0.39 is 0 Å². The summed E-state index contributed by atoms with van der Waals surface area (Å²) in [6.45, 7) is 0.585. The van der Waals surface area contributed by atoms with E-state index in [0.717, 1.165) is 28.8 Å². The molecule has 0 aliphatic carbocycles. The van der Waals surface area contributed by atoms with E-state index in [4.69, 9.17) is 4.74 Å². The zero-order valence-corrected chi connectivity index (χ0v) is 12.8. The predicted octanol–water partition coefficient (Wildman–Crippen LogP) is 2.83. The number of nitrogens with zero attached hydrogens (tertiary/aromatic N) is 2. The average Bonchev–Trinajstić information content (AvgIpc) is 2.96. The number of fused-ring (bicyclic) bond motifs is 2. The number of carbonyl (C=O) groups is 1. The third-order valence-corrected chi connectivity index (χ3v) is 4.25. The first-order valence-electron chi connectivity index (χ1n) is 7.66. The molecule has 0 saturated carbocycles. The Morgan fingerprint density at radius 3 is 3.17 bits per heavy atom. The fourth-order valence-electron chi connectivity index (χ4n) is 3.01. The number of ether oxygens (including phenoxy) is 1. The van der Waals surface area contributed by atoms with Crippen molar-refractivity contribution in [3.8, 4) is 5.75 Å². The van der Waals surface area contributed by atoms with E-state index in [0.29, 0.717) is 12.2 Å². The van der Waals surface area contributed by atoms with Crippen molar-refractivity contribution in [2.24, 2.45) is 7.05 Å². The fraction of sp³-hybridized carbons (Fsp3) is 0.222. The second-order valence-corrected chi connectivity index (χ2v) is 5.75. The lowest BCUT2D eigenvalue weighted by Crippen LogP contribution is -2.32. The van der Waals surface area contributed by atoms with Gasteiger partial charge in [-0.2, -0.15) is 0 Å². The molecule has 1 atom stereocenters. The van der Waals surface area contributed by atoms with Crippen LogP contribution < -0.4 is 10.1 Å².